The fraction of sp³-hybridized carbons (Fsp3) is 0.800. The van der Waals surface area contributed by atoms with Gasteiger partial charge in [-0.25, -0.2) is 4.79 Å². The predicted molar refractivity (Wildman–Crippen MR) is 73.1 cm³/mol. The minimum absolute atomic E-state index is 0.0323. The summed E-state index contributed by atoms with van der Waals surface area (Å²) in [4.78, 5) is 11.8. The van der Waals surface area contributed by atoms with Crippen LogP contribution in [0.5, 0.6) is 0 Å². The largest absolute Gasteiger partial charge is 0.454 e. The number of methoxy groups -OCH3 is 1. The lowest BCUT2D eigenvalue weighted by molar-refractivity contribution is -0.318. The summed E-state index contributed by atoms with van der Waals surface area (Å²) in [5.74, 6) is -1.17. The molecule has 114 valence electrons. The molecule has 5 heteroatoms. The first-order valence-electron chi connectivity index (χ1n) is 6.91. The normalized spacial score (nSPS) is 37.0. The molecule has 2 rings (SSSR count). The van der Waals surface area contributed by atoms with Crippen molar-refractivity contribution in [2.45, 2.75) is 64.8 Å². The van der Waals surface area contributed by atoms with Crippen molar-refractivity contribution in [3.8, 4) is 0 Å². The Labute approximate surface area is 120 Å². The molecule has 0 N–H and O–H groups in total. The molecule has 2 heterocycles. The van der Waals surface area contributed by atoms with E-state index in [0.717, 1.165) is 0 Å². The molecule has 2 aliphatic heterocycles. The number of allylic oxidation sites excluding steroid dienone is 1. The third-order valence-corrected chi connectivity index (χ3v) is 3.31. The van der Waals surface area contributed by atoms with E-state index in [2.05, 4.69) is 26.8 Å². The van der Waals surface area contributed by atoms with Gasteiger partial charge in [0.1, 0.15) is 12.2 Å². The van der Waals surface area contributed by atoms with Crippen LogP contribution in [0.2, 0.25) is 0 Å². The Bertz CT molecular complexity index is 407. The molecule has 0 amide bonds. The zero-order valence-corrected chi connectivity index (χ0v) is 13.0. The topological polar surface area (TPSA) is 54.0 Å². The summed E-state index contributed by atoms with van der Waals surface area (Å²) in [5.41, 5.74) is 0.0323. The summed E-state index contributed by atoms with van der Waals surface area (Å²) in [6, 6.07) is 0. The number of hydrogen-bond acceptors (Lipinski definition) is 5. The third kappa shape index (κ3) is 3.22. The van der Waals surface area contributed by atoms with E-state index in [1.54, 1.807) is 0 Å². The third-order valence-electron chi connectivity index (χ3n) is 3.31. The molecule has 0 bridgehead atoms. The first-order valence-corrected chi connectivity index (χ1v) is 6.91. The van der Waals surface area contributed by atoms with E-state index in [9.17, 15) is 4.79 Å². The Morgan fingerprint density at radius 2 is 1.85 bits per heavy atom. The van der Waals surface area contributed by atoms with Crippen LogP contribution in [0.3, 0.4) is 0 Å². The van der Waals surface area contributed by atoms with Crippen LogP contribution in [0.25, 0.3) is 0 Å². The van der Waals surface area contributed by atoms with E-state index < -0.39 is 30.1 Å². The summed E-state index contributed by atoms with van der Waals surface area (Å²) in [6.07, 6.45) is 2.10. The van der Waals surface area contributed by atoms with E-state index in [1.165, 1.54) is 7.11 Å². The van der Waals surface area contributed by atoms with Crippen molar-refractivity contribution in [3.05, 3.63) is 12.2 Å². The maximum absolute atomic E-state index is 11.8. The molecule has 2 fully saturated rings. The first kappa shape index (κ1) is 15.5. The van der Waals surface area contributed by atoms with Crippen LogP contribution < -0.4 is 0 Å². The van der Waals surface area contributed by atoms with Crippen LogP contribution in [0.4, 0.5) is 0 Å². The minimum Gasteiger partial charge on any atom is -0.454 e. The Hall–Kier alpha value is -0.910. The number of rotatable bonds is 2. The summed E-state index contributed by atoms with van der Waals surface area (Å²) in [6.45, 7) is 9.96. The van der Waals surface area contributed by atoms with E-state index in [0.29, 0.717) is 0 Å². The summed E-state index contributed by atoms with van der Waals surface area (Å²) in [7, 11) is 1.49. The molecule has 4 atom stereocenters. The maximum Gasteiger partial charge on any atom is 0.338 e. The predicted octanol–water partition coefficient (Wildman–Crippen LogP) is 2.05. The highest BCUT2D eigenvalue weighted by molar-refractivity contribution is 5.78. The van der Waals surface area contributed by atoms with E-state index in [1.807, 2.05) is 19.9 Å². The van der Waals surface area contributed by atoms with Gasteiger partial charge in [-0.3, -0.25) is 0 Å². The SMILES string of the molecule is CO[C@H]1C(=O)O[C@H]2[C@H]1OC(C)(C)O[C@@H]2/C=C/C(C)(C)C. The van der Waals surface area contributed by atoms with Crippen molar-refractivity contribution in [2.24, 2.45) is 5.41 Å². The van der Waals surface area contributed by atoms with E-state index >= 15 is 0 Å². The highest BCUT2D eigenvalue weighted by atomic mass is 16.8. The van der Waals surface area contributed by atoms with Crippen LogP contribution in [0, 0.1) is 5.41 Å². The van der Waals surface area contributed by atoms with Gasteiger partial charge in [-0.05, 0) is 19.3 Å². The molecule has 20 heavy (non-hydrogen) atoms. The molecule has 0 saturated carbocycles. The molecule has 0 spiro atoms. The van der Waals surface area contributed by atoms with Gasteiger partial charge in [-0.1, -0.05) is 32.9 Å². The summed E-state index contributed by atoms with van der Waals surface area (Å²) in [5, 5.41) is 0. The molecule has 2 aliphatic rings. The fourth-order valence-electron chi connectivity index (χ4n) is 2.47. The maximum atomic E-state index is 11.8. The van der Waals surface area contributed by atoms with Gasteiger partial charge in [0.2, 0.25) is 0 Å². The van der Waals surface area contributed by atoms with Crippen molar-refractivity contribution in [2.75, 3.05) is 7.11 Å². The van der Waals surface area contributed by atoms with Crippen molar-refractivity contribution in [3.63, 3.8) is 0 Å². The lowest BCUT2D eigenvalue weighted by atomic mass is 9.94. The molecule has 5 nitrogen and oxygen atoms in total. The lowest BCUT2D eigenvalue weighted by Crippen LogP contribution is -2.54. The molecule has 0 radical (unpaired) electrons. The van der Waals surface area contributed by atoms with E-state index in [4.69, 9.17) is 18.9 Å². The molecule has 0 aromatic carbocycles. The van der Waals surface area contributed by atoms with Gasteiger partial charge in [0, 0.05) is 7.11 Å². The Morgan fingerprint density at radius 3 is 2.40 bits per heavy atom. The summed E-state index contributed by atoms with van der Waals surface area (Å²) < 4.78 is 22.3. The van der Waals surface area contributed by atoms with Crippen molar-refractivity contribution in [1.82, 2.24) is 0 Å². The number of hydrogen-bond donors (Lipinski definition) is 0. The summed E-state index contributed by atoms with van der Waals surface area (Å²) >= 11 is 0. The van der Waals surface area contributed by atoms with Crippen LogP contribution >= 0.6 is 0 Å². The van der Waals surface area contributed by atoms with Crippen molar-refractivity contribution >= 4 is 5.97 Å². The smallest absolute Gasteiger partial charge is 0.338 e. The molecular formula is C15H24O5. The molecule has 0 aliphatic carbocycles. The van der Waals surface area contributed by atoms with E-state index in [-0.39, 0.29) is 11.5 Å². The molecule has 0 aromatic heterocycles. The average Bonchev–Trinajstić information content (AvgIpc) is 2.59. The zero-order valence-electron chi connectivity index (χ0n) is 13.0. The number of carbonyl (C=O) groups excluding carboxylic acids is 1. The van der Waals surface area contributed by atoms with Crippen LogP contribution in [-0.4, -0.2) is 43.3 Å². The zero-order chi connectivity index (χ0) is 15.1. The quantitative estimate of drug-likeness (QED) is 0.574. The second kappa shape index (κ2) is 5.13. The Kier molecular flexibility index (Phi) is 3.97. The highest BCUT2D eigenvalue weighted by Crippen LogP contribution is 2.36. The number of carbonyl (C=O) groups is 1. The van der Waals surface area contributed by atoms with Gasteiger partial charge >= 0.3 is 5.97 Å². The standard InChI is InChI=1S/C15H24O5/c1-14(2,3)8-7-9-10-11(20-15(4,5)19-9)12(17-6)13(16)18-10/h7-12H,1-6H3/b8-7+/t9-,10-,11-,12-/m1/s1. The van der Waals surface area contributed by atoms with Gasteiger partial charge in [0.05, 0.1) is 0 Å². The van der Waals surface area contributed by atoms with Crippen LogP contribution in [0.1, 0.15) is 34.6 Å². The van der Waals surface area contributed by atoms with Crippen LogP contribution in [0.15, 0.2) is 12.2 Å². The number of fused-ring (bicyclic) bond motifs is 1. The first-order chi connectivity index (χ1) is 9.13. The van der Waals surface area contributed by atoms with Gasteiger partial charge in [0.25, 0.3) is 0 Å². The molecular weight excluding hydrogens is 260 g/mol. The second-order valence-corrected chi connectivity index (χ2v) is 6.85. The highest BCUT2D eigenvalue weighted by Gasteiger charge is 2.55. The van der Waals surface area contributed by atoms with Gasteiger partial charge in [-0.15, -0.1) is 0 Å². The van der Waals surface area contributed by atoms with Gasteiger partial charge in [0.15, 0.2) is 18.0 Å². The average molecular weight is 284 g/mol. The second-order valence-electron chi connectivity index (χ2n) is 6.85. The molecule has 0 unspecified atom stereocenters. The Morgan fingerprint density at radius 1 is 1.20 bits per heavy atom. The van der Waals surface area contributed by atoms with Crippen LogP contribution in [-0.2, 0) is 23.7 Å². The monoisotopic (exact) mass is 284 g/mol. The fourth-order valence-corrected chi connectivity index (χ4v) is 2.47. The number of ether oxygens (including phenoxy) is 4. The van der Waals surface area contributed by atoms with Gasteiger partial charge in [-0.2, -0.15) is 0 Å². The van der Waals surface area contributed by atoms with Gasteiger partial charge < -0.3 is 18.9 Å². The molecule has 0 aromatic rings. The van der Waals surface area contributed by atoms with Crippen molar-refractivity contribution < 1.29 is 23.7 Å². The Balaban J connectivity index is 2.24. The minimum atomic E-state index is -0.779. The lowest BCUT2D eigenvalue weighted by Gasteiger charge is -2.41. The molecule has 2 saturated heterocycles. The number of esters is 1. The van der Waals surface area contributed by atoms with Crippen molar-refractivity contribution in [1.29, 1.82) is 0 Å².